The zero-order chi connectivity index (χ0) is 13.4. The molecule has 0 saturated carbocycles. The fourth-order valence-electron chi connectivity index (χ4n) is 1.58. The molecule has 0 spiro atoms. The van der Waals surface area contributed by atoms with Gasteiger partial charge in [0.2, 0.25) is 0 Å². The van der Waals surface area contributed by atoms with Gasteiger partial charge in [-0.05, 0) is 12.0 Å². The van der Waals surface area contributed by atoms with E-state index in [2.05, 4.69) is 24.3 Å². The van der Waals surface area contributed by atoms with Crippen LogP contribution in [0.2, 0.25) is 0 Å². The number of nitrogens with zero attached hydrogens (tertiary/aromatic N) is 2. The fraction of sp³-hybridized carbons (Fsp3) is 0.769. The summed E-state index contributed by atoms with van der Waals surface area (Å²) in [5.74, 6) is 0.509. The van der Waals surface area contributed by atoms with Crippen LogP contribution < -0.4 is 5.32 Å². The number of aromatic nitrogens is 2. The van der Waals surface area contributed by atoms with Gasteiger partial charge in [-0.2, -0.15) is 5.10 Å². The van der Waals surface area contributed by atoms with Gasteiger partial charge in [0.05, 0.1) is 18.4 Å². The lowest BCUT2D eigenvalue weighted by atomic mass is 10.2. The van der Waals surface area contributed by atoms with Crippen LogP contribution in [-0.2, 0) is 18.2 Å². The lowest BCUT2D eigenvalue weighted by Gasteiger charge is -2.13. The van der Waals surface area contributed by atoms with E-state index in [9.17, 15) is 5.11 Å². The molecule has 5 nitrogen and oxygen atoms in total. The average molecular weight is 255 g/mol. The summed E-state index contributed by atoms with van der Waals surface area (Å²) >= 11 is 0. The third-order valence-corrected chi connectivity index (χ3v) is 2.47. The van der Waals surface area contributed by atoms with Gasteiger partial charge >= 0.3 is 0 Å². The number of aliphatic hydroxyl groups is 1. The van der Waals surface area contributed by atoms with Crippen LogP contribution in [0.4, 0.5) is 0 Å². The lowest BCUT2D eigenvalue weighted by molar-refractivity contribution is 0.0263. The van der Waals surface area contributed by atoms with E-state index < -0.39 is 6.10 Å². The quantitative estimate of drug-likeness (QED) is 0.634. The van der Waals surface area contributed by atoms with Gasteiger partial charge in [0.15, 0.2) is 0 Å². The van der Waals surface area contributed by atoms with Crippen LogP contribution >= 0.6 is 0 Å². The first-order valence-electron chi connectivity index (χ1n) is 6.53. The van der Waals surface area contributed by atoms with Gasteiger partial charge in [-0.25, -0.2) is 0 Å². The number of hydrogen-bond acceptors (Lipinski definition) is 4. The van der Waals surface area contributed by atoms with Crippen molar-refractivity contribution < 1.29 is 9.84 Å². The zero-order valence-electron chi connectivity index (χ0n) is 11.6. The molecule has 0 amide bonds. The first kappa shape index (κ1) is 15.1. The average Bonchev–Trinajstić information content (AvgIpc) is 2.70. The van der Waals surface area contributed by atoms with Crippen molar-refractivity contribution >= 4 is 0 Å². The third kappa shape index (κ3) is 6.74. The Kier molecular flexibility index (Phi) is 6.93. The molecule has 104 valence electrons. The monoisotopic (exact) mass is 255 g/mol. The van der Waals surface area contributed by atoms with Crippen LogP contribution in [0.5, 0.6) is 0 Å². The third-order valence-electron chi connectivity index (χ3n) is 2.47. The van der Waals surface area contributed by atoms with Crippen LogP contribution in [0.3, 0.4) is 0 Å². The highest BCUT2D eigenvalue weighted by atomic mass is 16.5. The van der Waals surface area contributed by atoms with Crippen molar-refractivity contribution in [1.82, 2.24) is 15.1 Å². The molecule has 18 heavy (non-hydrogen) atoms. The fourth-order valence-corrected chi connectivity index (χ4v) is 1.58. The molecule has 0 fully saturated rings. The molecule has 5 heteroatoms. The Balaban J connectivity index is 2.00. The van der Waals surface area contributed by atoms with Crippen molar-refractivity contribution in [3.8, 4) is 0 Å². The highest BCUT2D eigenvalue weighted by molar-refractivity contribution is 4.98. The number of ether oxygens (including phenoxy) is 1. The Morgan fingerprint density at radius 2 is 2.22 bits per heavy atom. The molecule has 0 aliphatic carbocycles. The Morgan fingerprint density at radius 3 is 2.83 bits per heavy atom. The summed E-state index contributed by atoms with van der Waals surface area (Å²) in [6.45, 7) is 6.66. The topological polar surface area (TPSA) is 59.3 Å². The standard InChI is InChI=1S/C13H25N3O2/c1-11(2)9-18-10-13(17)8-14-6-4-12-5-7-16(3)15-12/h5,7,11,13-14,17H,4,6,8-10H2,1-3H3. The van der Waals surface area contributed by atoms with Gasteiger partial charge in [-0.1, -0.05) is 13.8 Å². The molecule has 0 radical (unpaired) electrons. The highest BCUT2D eigenvalue weighted by Crippen LogP contribution is 1.95. The highest BCUT2D eigenvalue weighted by Gasteiger charge is 2.04. The van der Waals surface area contributed by atoms with Crippen LogP contribution in [0.25, 0.3) is 0 Å². The number of rotatable bonds is 9. The largest absolute Gasteiger partial charge is 0.389 e. The molecular weight excluding hydrogens is 230 g/mol. The molecule has 0 aliphatic rings. The summed E-state index contributed by atoms with van der Waals surface area (Å²) in [5.41, 5.74) is 1.07. The maximum atomic E-state index is 9.66. The minimum Gasteiger partial charge on any atom is -0.389 e. The number of aliphatic hydroxyl groups excluding tert-OH is 1. The van der Waals surface area contributed by atoms with E-state index in [1.807, 2.05) is 19.3 Å². The van der Waals surface area contributed by atoms with Gasteiger partial charge in [0, 0.05) is 39.4 Å². The minimum absolute atomic E-state index is 0.398. The molecule has 1 atom stereocenters. The SMILES string of the molecule is CC(C)COCC(O)CNCCc1ccn(C)n1. The summed E-state index contributed by atoms with van der Waals surface area (Å²) in [5, 5.41) is 17.1. The Hall–Kier alpha value is -0.910. The van der Waals surface area contributed by atoms with E-state index in [1.165, 1.54) is 0 Å². The summed E-state index contributed by atoms with van der Waals surface area (Å²) in [6, 6.07) is 2.00. The van der Waals surface area contributed by atoms with Crippen molar-refractivity contribution in [2.75, 3.05) is 26.3 Å². The van der Waals surface area contributed by atoms with Gasteiger partial charge in [0.25, 0.3) is 0 Å². The maximum Gasteiger partial charge on any atom is 0.0897 e. The maximum absolute atomic E-state index is 9.66. The van der Waals surface area contributed by atoms with E-state index in [-0.39, 0.29) is 0 Å². The number of aryl methyl sites for hydroxylation is 1. The summed E-state index contributed by atoms with van der Waals surface area (Å²) in [7, 11) is 1.91. The molecule has 0 bridgehead atoms. The van der Waals surface area contributed by atoms with Gasteiger partial charge < -0.3 is 15.2 Å². The Morgan fingerprint density at radius 1 is 1.44 bits per heavy atom. The first-order valence-corrected chi connectivity index (χ1v) is 6.53. The number of hydrogen-bond donors (Lipinski definition) is 2. The van der Waals surface area contributed by atoms with E-state index in [0.29, 0.717) is 25.7 Å². The van der Waals surface area contributed by atoms with Crippen molar-refractivity contribution in [3.05, 3.63) is 18.0 Å². The Labute approximate surface area is 109 Å². The molecule has 2 N–H and O–H groups in total. The van der Waals surface area contributed by atoms with E-state index in [4.69, 9.17) is 4.74 Å². The van der Waals surface area contributed by atoms with Crippen molar-refractivity contribution in [2.45, 2.75) is 26.4 Å². The molecule has 1 aromatic heterocycles. The molecule has 1 heterocycles. The van der Waals surface area contributed by atoms with Crippen LogP contribution in [0, 0.1) is 5.92 Å². The van der Waals surface area contributed by atoms with Crippen LogP contribution in [0.15, 0.2) is 12.3 Å². The molecule has 1 aromatic rings. The van der Waals surface area contributed by atoms with E-state index >= 15 is 0 Å². The molecule has 0 saturated heterocycles. The molecule has 1 rings (SSSR count). The van der Waals surface area contributed by atoms with Gasteiger partial charge in [0.1, 0.15) is 0 Å². The second-order valence-electron chi connectivity index (χ2n) is 5.02. The van der Waals surface area contributed by atoms with Crippen LogP contribution in [-0.4, -0.2) is 47.3 Å². The second-order valence-corrected chi connectivity index (χ2v) is 5.02. The van der Waals surface area contributed by atoms with Crippen molar-refractivity contribution in [2.24, 2.45) is 13.0 Å². The predicted molar refractivity (Wildman–Crippen MR) is 71.4 cm³/mol. The molecular formula is C13H25N3O2. The van der Waals surface area contributed by atoms with E-state index in [1.54, 1.807) is 4.68 Å². The minimum atomic E-state index is -0.438. The molecule has 0 aliphatic heterocycles. The Bertz CT molecular complexity index is 326. The summed E-state index contributed by atoms with van der Waals surface area (Å²) in [6.07, 6.45) is 2.37. The summed E-state index contributed by atoms with van der Waals surface area (Å²) < 4.78 is 7.17. The van der Waals surface area contributed by atoms with Crippen molar-refractivity contribution in [1.29, 1.82) is 0 Å². The predicted octanol–water partition coefficient (Wildman–Crippen LogP) is 0.586. The van der Waals surface area contributed by atoms with Gasteiger partial charge in [-0.3, -0.25) is 4.68 Å². The zero-order valence-corrected chi connectivity index (χ0v) is 11.6. The summed E-state index contributed by atoms with van der Waals surface area (Å²) in [4.78, 5) is 0. The molecule has 1 unspecified atom stereocenters. The van der Waals surface area contributed by atoms with Crippen LogP contribution in [0.1, 0.15) is 19.5 Å². The smallest absolute Gasteiger partial charge is 0.0897 e. The second kappa shape index (κ2) is 8.24. The normalized spacial score (nSPS) is 13.2. The first-order chi connectivity index (χ1) is 8.58. The van der Waals surface area contributed by atoms with Gasteiger partial charge in [-0.15, -0.1) is 0 Å². The molecule has 0 aromatic carbocycles. The van der Waals surface area contributed by atoms with Crippen molar-refractivity contribution in [3.63, 3.8) is 0 Å². The lowest BCUT2D eigenvalue weighted by Crippen LogP contribution is -2.32. The van der Waals surface area contributed by atoms with E-state index in [0.717, 1.165) is 18.7 Å². The number of nitrogens with one attached hydrogen (secondary N) is 1.